The molecule has 2 aliphatic carbocycles. The molecular formula is C26H36N4O2. The number of nitrogens with zero attached hydrogens (tertiary/aromatic N) is 4. The summed E-state index contributed by atoms with van der Waals surface area (Å²) < 4.78 is 3.77. The molecule has 1 aromatic carbocycles. The van der Waals surface area contributed by atoms with Crippen molar-refractivity contribution in [3.05, 3.63) is 46.5 Å². The molecule has 172 valence electrons. The topological polar surface area (TPSA) is 50.5 Å². The Morgan fingerprint density at radius 2 is 1.62 bits per heavy atom. The van der Waals surface area contributed by atoms with Crippen LogP contribution in [0.15, 0.2) is 35.3 Å². The summed E-state index contributed by atoms with van der Waals surface area (Å²) >= 11 is 0. The van der Waals surface area contributed by atoms with Crippen LogP contribution in [0.5, 0.6) is 0 Å². The number of rotatable bonds is 5. The van der Waals surface area contributed by atoms with Gasteiger partial charge < -0.3 is 9.80 Å². The number of allylic oxidation sites excluding steroid dienone is 1. The van der Waals surface area contributed by atoms with E-state index in [1.54, 1.807) is 4.57 Å². The summed E-state index contributed by atoms with van der Waals surface area (Å²) in [5, 5.41) is 0. The first-order valence-electron chi connectivity index (χ1n) is 12.3. The molecule has 6 heteroatoms. The lowest BCUT2D eigenvalue weighted by Crippen LogP contribution is -2.50. The molecule has 32 heavy (non-hydrogen) atoms. The zero-order valence-electron chi connectivity index (χ0n) is 19.6. The first kappa shape index (κ1) is 21.4. The zero-order valence-corrected chi connectivity index (χ0v) is 19.6. The molecule has 3 aliphatic rings. The fourth-order valence-corrected chi connectivity index (χ4v) is 5.69. The van der Waals surface area contributed by atoms with E-state index in [1.165, 1.54) is 18.4 Å². The van der Waals surface area contributed by atoms with Gasteiger partial charge in [-0.2, -0.15) is 0 Å². The van der Waals surface area contributed by atoms with E-state index in [1.807, 2.05) is 18.5 Å². The van der Waals surface area contributed by atoms with Crippen molar-refractivity contribution in [3.63, 3.8) is 0 Å². The van der Waals surface area contributed by atoms with Crippen LogP contribution in [0.25, 0.3) is 11.0 Å². The number of aryl methyl sites for hydroxylation is 1. The van der Waals surface area contributed by atoms with Gasteiger partial charge >= 0.3 is 5.69 Å². The van der Waals surface area contributed by atoms with Crippen molar-refractivity contribution in [2.45, 2.75) is 57.9 Å². The van der Waals surface area contributed by atoms with Crippen LogP contribution in [-0.4, -0.2) is 51.0 Å². The average molecular weight is 437 g/mol. The van der Waals surface area contributed by atoms with Crippen molar-refractivity contribution in [1.82, 2.24) is 18.9 Å². The minimum absolute atomic E-state index is 0.0847. The van der Waals surface area contributed by atoms with Gasteiger partial charge in [-0.25, -0.2) is 4.79 Å². The third-order valence-electron chi connectivity index (χ3n) is 7.99. The second kappa shape index (κ2) is 8.45. The highest BCUT2D eigenvalue weighted by atomic mass is 16.2. The Morgan fingerprint density at radius 3 is 2.25 bits per heavy atom. The molecule has 0 radical (unpaired) electrons. The first-order chi connectivity index (χ1) is 15.4. The monoisotopic (exact) mass is 436 g/mol. The number of imidazole rings is 1. The molecule has 2 heterocycles. The molecule has 1 amide bonds. The van der Waals surface area contributed by atoms with Crippen molar-refractivity contribution >= 4 is 16.9 Å². The molecule has 3 fully saturated rings. The Hall–Kier alpha value is -2.50. The SMILES string of the molecule is C=C(C)N1CCN(C(=O)C2CCC(Cn3c(=O)n(C)c4ccc(C5CC5)cc43)CC2)CC1. The molecule has 2 aromatic rings. The van der Waals surface area contributed by atoms with Gasteiger partial charge in [-0.15, -0.1) is 0 Å². The van der Waals surface area contributed by atoms with E-state index in [0.29, 0.717) is 17.7 Å². The highest BCUT2D eigenvalue weighted by Gasteiger charge is 2.32. The van der Waals surface area contributed by atoms with Crippen LogP contribution in [0.1, 0.15) is 56.9 Å². The van der Waals surface area contributed by atoms with Crippen molar-refractivity contribution in [2.24, 2.45) is 18.9 Å². The molecule has 0 N–H and O–H groups in total. The summed E-state index contributed by atoms with van der Waals surface area (Å²) in [5.74, 6) is 1.63. The molecule has 0 atom stereocenters. The number of piperazine rings is 1. The second-order valence-electron chi connectivity index (χ2n) is 10.2. The van der Waals surface area contributed by atoms with E-state index in [9.17, 15) is 9.59 Å². The number of aromatic nitrogens is 2. The van der Waals surface area contributed by atoms with E-state index in [-0.39, 0.29) is 11.6 Å². The largest absolute Gasteiger partial charge is 0.372 e. The van der Waals surface area contributed by atoms with Crippen LogP contribution in [0.4, 0.5) is 0 Å². The van der Waals surface area contributed by atoms with Crippen LogP contribution < -0.4 is 5.69 Å². The summed E-state index contributed by atoms with van der Waals surface area (Å²) in [6, 6.07) is 6.55. The number of carbonyl (C=O) groups is 1. The molecule has 2 saturated carbocycles. The maximum absolute atomic E-state index is 13.1. The van der Waals surface area contributed by atoms with Gasteiger partial charge in [0.1, 0.15) is 0 Å². The van der Waals surface area contributed by atoms with Crippen molar-refractivity contribution in [3.8, 4) is 0 Å². The summed E-state index contributed by atoms with van der Waals surface area (Å²) in [6.07, 6.45) is 6.46. The van der Waals surface area contributed by atoms with Gasteiger partial charge in [-0.3, -0.25) is 13.9 Å². The smallest absolute Gasteiger partial charge is 0.328 e. The Kier molecular flexibility index (Phi) is 5.64. The van der Waals surface area contributed by atoms with Gasteiger partial charge in [0.25, 0.3) is 0 Å². The van der Waals surface area contributed by atoms with Gasteiger partial charge in [-0.1, -0.05) is 12.6 Å². The predicted molar refractivity (Wildman–Crippen MR) is 128 cm³/mol. The maximum atomic E-state index is 13.1. The molecule has 1 saturated heterocycles. The standard InChI is InChI=1S/C26H36N4O2/c1-18(2)28-12-14-29(15-13-28)25(31)21-6-4-19(5-7-21)17-30-24-16-22(20-8-9-20)10-11-23(24)27(3)26(30)32/h10-11,16,19-21H,1,4-9,12-15,17H2,2-3H3. The Bertz CT molecular complexity index is 1080. The summed E-state index contributed by atoms with van der Waals surface area (Å²) in [5.41, 5.74) is 4.65. The molecule has 5 rings (SSSR count). The van der Waals surface area contributed by atoms with Gasteiger partial charge in [0.15, 0.2) is 0 Å². The van der Waals surface area contributed by atoms with Crippen LogP contribution >= 0.6 is 0 Å². The van der Waals surface area contributed by atoms with Crippen LogP contribution in [0.3, 0.4) is 0 Å². The van der Waals surface area contributed by atoms with Crippen LogP contribution in [0, 0.1) is 11.8 Å². The lowest BCUT2D eigenvalue weighted by Gasteiger charge is -2.39. The van der Waals surface area contributed by atoms with Gasteiger partial charge in [0, 0.05) is 51.4 Å². The minimum atomic E-state index is 0.0847. The van der Waals surface area contributed by atoms with Crippen molar-refractivity contribution in [2.75, 3.05) is 26.2 Å². The molecule has 6 nitrogen and oxygen atoms in total. The Morgan fingerprint density at radius 1 is 0.969 bits per heavy atom. The summed E-state index contributed by atoms with van der Waals surface area (Å²) in [7, 11) is 1.88. The van der Waals surface area contributed by atoms with Gasteiger partial charge in [0.2, 0.25) is 5.91 Å². The lowest BCUT2D eigenvalue weighted by molar-refractivity contribution is -0.138. The maximum Gasteiger partial charge on any atom is 0.328 e. The van der Waals surface area contributed by atoms with Crippen molar-refractivity contribution < 1.29 is 4.79 Å². The van der Waals surface area contributed by atoms with Crippen LogP contribution in [0.2, 0.25) is 0 Å². The molecular weight excluding hydrogens is 400 g/mol. The van der Waals surface area contributed by atoms with Gasteiger partial charge in [0.05, 0.1) is 11.0 Å². The van der Waals surface area contributed by atoms with E-state index in [2.05, 4.69) is 34.6 Å². The fraction of sp³-hybridized carbons (Fsp3) is 0.615. The zero-order chi connectivity index (χ0) is 22.4. The van der Waals surface area contributed by atoms with Gasteiger partial charge in [-0.05, 0) is 75.0 Å². The Balaban J connectivity index is 1.22. The highest BCUT2D eigenvalue weighted by Crippen LogP contribution is 2.41. The van der Waals surface area contributed by atoms with E-state index in [0.717, 1.165) is 75.1 Å². The van der Waals surface area contributed by atoms with Crippen LogP contribution in [-0.2, 0) is 18.4 Å². The first-order valence-corrected chi connectivity index (χ1v) is 12.3. The third-order valence-corrected chi connectivity index (χ3v) is 7.99. The fourth-order valence-electron chi connectivity index (χ4n) is 5.69. The summed E-state index contributed by atoms with van der Waals surface area (Å²) in [6.45, 7) is 10.2. The summed E-state index contributed by atoms with van der Waals surface area (Å²) in [4.78, 5) is 30.3. The minimum Gasteiger partial charge on any atom is -0.372 e. The van der Waals surface area contributed by atoms with E-state index in [4.69, 9.17) is 0 Å². The normalized spacial score (nSPS) is 24.2. The quantitative estimate of drug-likeness (QED) is 0.718. The third kappa shape index (κ3) is 4.00. The molecule has 1 aliphatic heterocycles. The predicted octanol–water partition coefficient (Wildman–Crippen LogP) is 3.70. The number of fused-ring (bicyclic) bond motifs is 1. The van der Waals surface area contributed by atoms with E-state index >= 15 is 0 Å². The molecule has 0 unspecified atom stereocenters. The average Bonchev–Trinajstić information content (AvgIpc) is 3.64. The number of benzene rings is 1. The second-order valence-corrected chi connectivity index (χ2v) is 10.2. The Labute approximate surface area is 190 Å². The number of hydrogen-bond donors (Lipinski definition) is 0. The van der Waals surface area contributed by atoms with E-state index < -0.39 is 0 Å². The molecule has 0 spiro atoms. The number of amides is 1. The van der Waals surface area contributed by atoms with Crippen molar-refractivity contribution in [1.29, 1.82) is 0 Å². The highest BCUT2D eigenvalue weighted by molar-refractivity contribution is 5.79. The number of hydrogen-bond acceptors (Lipinski definition) is 3. The number of carbonyl (C=O) groups excluding carboxylic acids is 1. The lowest BCUT2D eigenvalue weighted by atomic mass is 9.81. The molecule has 0 bridgehead atoms. The molecule has 1 aromatic heterocycles.